The molecule has 0 saturated heterocycles. The van der Waals surface area contributed by atoms with E-state index in [1.165, 1.54) is 36.0 Å². The minimum Gasteiger partial charge on any atom is -0.324 e. The van der Waals surface area contributed by atoms with E-state index in [4.69, 9.17) is 0 Å². The summed E-state index contributed by atoms with van der Waals surface area (Å²) in [5, 5.41) is 5.33. The third kappa shape index (κ3) is 3.85. The van der Waals surface area contributed by atoms with Crippen LogP contribution in [-0.2, 0) is 14.6 Å². The molecular weight excluding hydrogens is 360 g/mol. The lowest BCUT2D eigenvalue weighted by molar-refractivity contribution is -0.115. The van der Waals surface area contributed by atoms with Crippen molar-refractivity contribution in [2.75, 3.05) is 16.9 Å². The first-order chi connectivity index (χ1) is 11.7. The highest BCUT2D eigenvalue weighted by Crippen LogP contribution is 2.36. The molecule has 2 aromatic rings. The first-order valence-electron chi connectivity index (χ1n) is 7.47. The molecule has 2 N–H and O–H groups in total. The maximum Gasteiger partial charge on any atom is 0.255 e. The van der Waals surface area contributed by atoms with E-state index in [0.29, 0.717) is 16.9 Å². The Morgan fingerprint density at radius 2 is 1.84 bits per heavy atom. The van der Waals surface area contributed by atoms with E-state index in [2.05, 4.69) is 10.6 Å². The minimum absolute atomic E-state index is 0.0913. The van der Waals surface area contributed by atoms with Crippen LogP contribution < -0.4 is 10.6 Å². The van der Waals surface area contributed by atoms with Crippen molar-refractivity contribution in [3.05, 3.63) is 48.0 Å². The third-order valence-corrected chi connectivity index (χ3v) is 6.02. The molecule has 2 amide bonds. The van der Waals surface area contributed by atoms with Gasteiger partial charge in [0.2, 0.25) is 5.91 Å². The molecule has 6 nitrogen and oxygen atoms in total. The number of hydrogen-bond donors (Lipinski definition) is 2. The molecule has 1 aliphatic heterocycles. The van der Waals surface area contributed by atoms with Crippen LogP contribution in [0.25, 0.3) is 0 Å². The van der Waals surface area contributed by atoms with Crippen LogP contribution in [0.3, 0.4) is 0 Å². The molecule has 130 valence electrons. The summed E-state index contributed by atoms with van der Waals surface area (Å²) >= 11 is 1.45. The number of anilines is 2. The lowest BCUT2D eigenvalue weighted by atomic mass is 10.1. The summed E-state index contributed by atoms with van der Waals surface area (Å²) in [6, 6.07) is 11.1. The number of fused-ring (bicyclic) bond motifs is 1. The van der Waals surface area contributed by atoms with E-state index >= 15 is 0 Å². The van der Waals surface area contributed by atoms with Crippen molar-refractivity contribution >= 4 is 44.8 Å². The quantitative estimate of drug-likeness (QED) is 0.859. The van der Waals surface area contributed by atoms with Crippen LogP contribution in [0.5, 0.6) is 0 Å². The number of carbonyl (C=O) groups excluding carboxylic acids is 2. The molecule has 0 spiro atoms. The Morgan fingerprint density at radius 3 is 2.48 bits per heavy atom. The number of thioether (sulfide) groups is 1. The normalized spacial score (nSPS) is 16.7. The molecule has 1 heterocycles. The Balaban J connectivity index is 1.78. The van der Waals surface area contributed by atoms with Crippen LogP contribution in [0.4, 0.5) is 11.4 Å². The summed E-state index contributed by atoms with van der Waals surface area (Å²) in [5.74, 6) is -0.431. The van der Waals surface area contributed by atoms with E-state index in [0.717, 1.165) is 11.2 Å². The van der Waals surface area contributed by atoms with Gasteiger partial charge in [0.25, 0.3) is 5.91 Å². The highest BCUT2D eigenvalue weighted by molar-refractivity contribution is 8.01. The van der Waals surface area contributed by atoms with Crippen molar-refractivity contribution in [1.82, 2.24) is 0 Å². The molecule has 0 radical (unpaired) electrons. The molecule has 1 atom stereocenters. The van der Waals surface area contributed by atoms with Crippen molar-refractivity contribution in [2.24, 2.45) is 0 Å². The largest absolute Gasteiger partial charge is 0.324 e. The Bertz CT molecular complexity index is 953. The number of amides is 2. The van der Waals surface area contributed by atoms with Gasteiger partial charge in [-0.2, -0.15) is 0 Å². The summed E-state index contributed by atoms with van der Waals surface area (Å²) < 4.78 is 22.9. The van der Waals surface area contributed by atoms with Gasteiger partial charge in [0.1, 0.15) is 0 Å². The molecular formula is C17H16N2O4S2. The SMILES string of the molecule is C[C@H]1Sc2ccc(C(=O)Nc3ccc(S(C)(=O)=O)cc3)cc2NC1=O. The molecule has 0 aliphatic carbocycles. The molecule has 8 heteroatoms. The average Bonchev–Trinajstić information content (AvgIpc) is 2.55. The van der Waals surface area contributed by atoms with Crippen molar-refractivity contribution in [1.29, 1.82) is 0 Å². The number of hydrogen-bond acceptors (Lipinski definition) is 5. The summed E-state index contributed by atoms with van der Waals surface area (Å²) in [6.45, 7) is 1.82. The van der Waals surface area contributed by atoms with Gasteiger partial charge >= 0.3 is 0 Å². The molecule has 0 saturated carbocycles. The highest BCUT2D eigenvalue weighted by atomic mass is 32.2. The third-order valence-electron chi connectivity index (χ3n) is 3.71. The molecule has 0 bridgehead atoms. The Kier molecular flexibility index (Phi) is 4.57. The van der Waals surface area contributed by atoms with Gasteiger partial charge in [0.15, 0.2) is 9.84 Å². The van der Waals surface area contributed by atoms with Gasteiger partial charge in [0.05, 0.1) is 15.8 Å². The van der Waals surface area contributed by atoms with Crippen LogP contribution >= 0.6 is 11.8 Å². The minimum atomic E-state index is -3.28. The van der Waals surface area contributed by atoms with Gasteiger partial charge in [-0.05, 0) is 49.4 Å². The lowest BCUT2D eigenvalue weighted by Crippen LogP contribution is -2.26. The number of nitrogens with one attached hydrogen (secondary N) is 2. The number of sulfone groups is 1. The lowest BCUT2D eigenvalue weighted by Gasteiger charge is -2.21. The average molecular weight is 376 g/mol. The molecule has 2 aromatic carbocycles. The topological polar surface area (TPSA) is 92.3 Å². The van der Waals surface area contributed by atoms with Gasteiger partial charge in [-0.25, -0.2) is 8.42 Å². The highest BCUT2D eigenvalue weighted by Gasteiger charge is 2.23. The predicted octanol–water partition coefficient (Wildman–Crippen LogP) is 2.78. The van der Waals surface area contributed by atoms with Crippen LogP contribution in [0.2, 0.25) is 0 Å². The number of benzene rings is 2. The zero-order valence-corrected chi connectivity index (χ0v) is 15.2. The first kappa shape index (κ1) is 17.5. The van der Waals surface area contributed by atoms with E-state index in [1.54, 1.807) is 18.2 Å². The van der Waals surface area contributed by atoms with E-state index < -0.39 is 9.84 Å². The molecule has 3 rings (SSSR count). The standard InChI is InChI=1S/C17H16N2O4S2/c1-10-16(20)19-14-9-11(3-8-15(14)24-10)17(21)18-12-4-6-13(7-5-12)25(2,22)23/h3-10H,1-2H3,(H,18,21)(H,19,20)/t10-/m1/s1. The molecule has 0 unspecified atom stereocenters. The van der Waals surface area contributed by atoms with E-state index in [9.17, 15) is 18.0 Å². The second kappa shape index (κ2) is 6.53. The van der Waals surface area contributed by atoms with Crippen LogP contribution in [0.1, 0.15) is 17.3 Å². The van der Waals surface area contributed by atoms with Gasteiger partial charge < -0.3 is 10.6 Å². The smallest absolute Gasteiger partial charge is 0.255 e. The Morgan fingerprint density at radius 1 is 1.16 bits per heavy atom. The summed E-state index contributed by atoms with van der Waals surface area (Å²) in [7, 11) is -3.28. The zero-order valence-electron chi connectivity index (χ0n) is 13.6. The fourth-order valence-corrected chi connectivity index (χ4v) is 3.90. The van der Waals surface area contributed by atoms with Gasteiger partial charge in [-0.1, -0.05) is 0 Å². The maximum atomic E-state index is 12.4. The van der Waals surface area contributed by atoms with E-state index in [-0.39, 0.29) is 22.0 Å². The van der Waals surface area contributed by atoms with Gasteiger partial charge in [0, 0.05) is 22.4 Å². The van der Waals surface area contributed by atoms with Crippen molar-refractivity contribution in [3.8, 4) is 0 Å². The van der Waals surface area contributed by atoms with Crippen molar-refractivity contribution in [3.63, 3.8) is 0 Å². The first-order valence-corrected chi connectivity index (χ1v) is 10.2. The van der Waals surface area contributed by atoms with Crippen molar-refractivity contribution in [2.45, 2.75) is 22.0 Å². The van der Waals surface area contributed by atoms with Crippen molar-refractivity contribution < 1.29 is 18.0 Å². The Hall–Kier alpha value is -2.32. The second-order valence-electron chi connectivity index (χ2n) is 5.71. The molecule has 1 aliphatic rings. The fraction of sp³-hybridized carbons (Fsp3) is 0.176. The molecule has 0 fully saturated rings. The summed E-state index contributed by atoms with van der Waals surface area (Å²) in [5.41, 5.74) is 1.51. The summed E-state index contributed by atoms with van der Waals surface area (Å²) in [6.07, 6.45) is 1.13. The Labute approximate surface area is 149 Å². The van der Waals surface area contributed by atoms with Gasteiger partial charge in [-0.3, -0.25) is 9.59 Å². The van der Waals surface area contributed by atoms with E-state index in [1.807, 2.05) is 6.92 Å². The van der Waals surface area contributed by atoms with Crippen LogP contribution in [-0.4, -0.2) is 31.7 Å². The number of carbonyl (C=O) groups is 2. The summed E-state index contributed by atoms with van der Waals surface area (Å²) in [4.78, 5) is 25.2. The molecule has 25 heavy (non-hydrogen) atoms. The fourth-order valence-electron chi connectivity index (χ4n) is 2.34. The monoisotopic (exact) mass is 376 g/mol. The predicted molar refractivity (Wildman–Crippen MR) is 97.9 cm³/mol. The van der Waals surface area contributed by atoms with Crippen LogP contribution in [0, 0.1) is 0 Å². The number of rotatable bonds is 3. The second-order valence-corrected chi connectivity index (χ2v) is 9.11. The van der Waals surface area contributed by atoms with Crippen LogP contribution in [0.15, 0.2) is 52.3 Å². The zero-order chi connectivity index (χ0) is 18.2. The maximum absolute atomic E-state index is 12.4. The van der Waals surface area contributed by atoms with Gasteiger partial charge in [-0.15, -0.1) is 11.8 Å². The molecule has 0 aromatic heterocycles.